The predicted molar refractivity (Wildman–Crippen MR) is 58.9 cm³/mol. The van der Waals surface area contributed by atoms with Crippen molar-refractivity contribution in [3.05, 3.63) is 0 Å². The maximum atomic E-state index is 11.8. The number of thioether (sulfide) groups is 1. The highest BCUT2D eigenvalue weighted by atomic mass is 32.2. The number of fused-ring (bicyclic) bond motifs is 1. The van der Waals surface area contributed by atoms with Crippen LogP contribution in [0, 0.1) is 5.92 Å². The molecule has 6 heteroatoms. The first-order chi connectivity index (χ1) is 7.17. The van der Waals surface area contributed by atoms with E-state index in [4.69, 9.17) is 5.11 Å². The van der Waals surface area contributed by atoms with Crippen LogP contribution in [0.2, 0.25) is 0 Å². The molecule has 0 aliphatic carbocycles. The molecule has 5 nitrogen and oxygen atoms in total. The van der Waals surface area contributed by atoms with E-state index in [1.165, 1.54) is 11.8 Å². The van der Waals surface area contributed by atoms with Gasteiger partial charge < -0.3 is 15.1 Å². The summed E-state index contributed by atoms with van der Waals surface area (Å²) in [7, 11) is 0. The first-order valence-electron chi connectivity index (χ1n) is 5.11. The molecule has 2 N–H and O–H groups in total. The second-order valence-corrected chi connectivity index (χ2v) is 6.76. The maximum Gasteiger partial charge on any atom is 0.321 e. The normalized spacial score (nSPS) is 38.2. The largest absolute Gasteiger partial charge is 0.480 e. The molecular formula is C10H15NO4S. The molecule has 2 fully saturated rings. The van der Waals surface area contributed by atoms with Gasteiger partial charge in [-0.2, -0.15) is 0 Å². The van der Waals surface area contributed by atoms with E-state index in [1.807, 2.05) is 0 Å². The molecular weight excluding hydrogens is 230 g/mol. The van der Waals surface area contributed by atoms with Crippen LogP contribution < -0.4 is 0 Å². The number of carboxylic acid groups (broad SMARTS) is 1. The summed E-state index contributed by atoms with van der Waals surface area (Å²) in [4.78, 5) is 24.4. The van der Waals surface area contributed by atoms with Crippen molar-refractivity contribution >= 4 is 23.6 Å². The fourth-order valence-electron chi connectivity index (χ4n) is 2.22. The van der Waals surface area contributed by atoms with E-state index in [1.54, 1.807) is 25.7 Å². The SMILES string of the molecule is CC1(C(=O)O)CN2C(=O)[C@@H](C(C)(C)O)[C@H]2S1. The van der Waals surface area contributed by atoms with E-state index in [2.05, 4.69) is 0 Å². The molecule has 2 aliphatic rings. The third kappa shape index (κ3) is 1.43. The zero-order valence-electron chi connectivity index (χ0n) is 9.43. The van der Waals surface area contributed by atoms with Gasteiger partial charge in [0.2, 0.25) is 5.91 Å². The first-order valence-corrected chi connectivity index (χ1v) is 5.99. The van der Waals surface area contributed by atoms with Gasteiger partial charge in [-0.25, -0.2) is 0 Å². The van der Waals surface area contributed by atoms with E-state index in [0.717, 1.165) is 0 Å². The molecule has 0 bridgehead atoms. The van der Waals surface area contributed by atoms with Gasteiger partial charge in [0.15, 0.2) is 0 Å². The van der Waals surface area contributed by atoms with Gasteiger partial charge in [0, 0.05) is 6.54 Å². The summed E-state index contributed by atoms with van der Waals surface area (Å²) in [6.07, 6.45) is 0. The van der Waals surface area contributed by atoms with Gasteiger partial charge in [0.05, 0.1) is 16.9 Å². The summed E-state index contributed by atoms with van der Waals surface area (Å²) in [6.45, 7) is 5.02. The van der Waals surface area contributed by atoms with Crippen LogP contribution in [-0.2, 0) is 9.59 Å². The standard InChI is InChI=1S/C10H15NO4S/c1-9(2,15)5-6(12)11-4-10(3,8(13)14)16-7(5)11/h5,7,15H,4H2,1-3H3,(H,13,14)/t5-,7-,10?/m1/s1. The lowest BCUT2D eigenvalue weighted by atomic mass is 9.83. The Hall–Kier alpha value is -0.750. The fraction of sp³-hybridized carbons (Fsp3) is 0.800. The van der Waals surface area contributed by atoms with Crippen LogP contribution in [0.3, 0.4) is 0 Å². The van der Waals surface area contributed by atoms with E-state index in [0.29, 0.717) is 0 Å². The van der Waals surface area contributed by atoms with Crippen molar-refractivity contribution in [2.24, 2.45) is 5.92 Å². The number of rotatable bonds is 2. The van der Waals surface area contributed by atoms with Gasteiger partial charge in [-0.1, -0.05) is 0 Å². The molecule has 1 unspecified atom stereocenters. The number of hydrogen-bond acceptors (Lipinski definition) is 4. The molecule has 0 saturated carbocycles. The number of aliphatic hydroxyl groups is 1. The third-order valence-electron chi connectivity index (χ3n) is 3.21. The average Bonchev–Trinajstić information content (AvgIpc) is 2.39. The minimum absolute atomic E-state index is 0.144. The van der Waals surface area contributed by atoms with Crippen molar-refractivity contribution in [1.82, 2.24) is 4.90 Å². The molecule has 2 saturated heterocycles. The van der Waals surface area contributed by atoms with Crippen LogP contribution in [0.15, 0.2) is 0 Å². The molecule has 0 spiro atoms. The summed E-state index contributed by atoms with van der Waals surface area (Å²) >= 11 is 1.26. The van der Waals surface area contributed by atoms with Crippen LogP contribution in [-0.4, -0.2) is 49.3 Å². The highest BCUT2D eigenvalue weighted by Gasteiger charge is 2.63. The van der Waals surface area contributed by atoms with Crippen molar-refractivity contribution in [2.45, 2.75) is 36.5 Å². The molecule has 0 aromatic rings. The summed E-state index contributed by atoms with van der Waals surface area (Å²) in [5.41, 5.74) is -1.09. The molecule has 0 radical (unpaired) electrons. The Labute approximate surface area is 97.8 Å². The minimum Gasteiger partial charge on any atom is -0.480 e. The van der Waals surface area contributed by atoms with Crippen molar-refractivity contribution in [3.8, 4) is 0 Å². The lowest BCUT2D eigenvalue weighted by molar-refractivity contribution is -0.163. The van der Waals surface area contributed by atoms with E-state index in [-0.39, 0.29) is 17.8 Å². The summed E-state index contributed by atoms with van der Waals surface area (Å²) in [5.74, 6) is -1.54. The molecule has 90 valence electrons. The number of carboxylic acids is 1. The zero-order chi connectivity index (χ0) is 12.3. The Morgan fingerprint density at radius 3 is 2.62 bits per heavy atom. The van der Waals surface area contributed by atoms with Crippen LogP contribution in [0.25, 0.3) is 0 Å². The maximum absolute atomic E-state index is 11.8. The quantitative estimate of drug-likeness (QED) is 0.676. The number of carbonyl (C=O) groups is 2. The molecule has 1 amide bonds. The number of β-lactam (4-membered cyclic amide) rings is 1. The number of carbonyl (C=O) groups excluding carboxylic acids is 1. The molecule has 0 aromatic carbocycles. The molecule has 2 heterocycles. The second kappa shape index (κ2) is 3.13. The van der Waals surface area contributed by atoms with Crippen molar-refractivity contribution in [3.63, 3.8) is 0 Å². The second-order valence-electron chi connectivity index (χ2n) is 5.14. The van der Waals surface area contributed by atoms with Crippen LogP contribution >= 0.6 is 11.8 Å². The number of aliphatic carboxylic acids is 1. The summed E-state index contributed by atoms with van der Waals surface area (Å²) in [5, 5.41) is 18.7. The minimum atomic E-state index is -1.09. The smallest absolute Gasteiger partial charge is 0.321 e. The van der Waals surface area contributed by atoms with Gasteiger partial charge in [-0.3, -0.25) is 9.59 Å². The molecule has 16 heavy (non-hydrogen) atoms. The third-order valence-corrected chi connectivity index (χ3v) is 4.80. The Morgan fingerprint density at radius 2 is 2.19 bits per heavy atom. The predicted octanol–water partition coefficient (Wildman–Crippen LogP) is 0.132. The van der Waals surface area contributed by atoms with E-state index < -0.39 is 22.2 Å². The van der Waals surface area contributed by atoms with Crippen LogP contribution in [0.1, 0.15) is 20.8 Å². The molecule has 2 rings (SSSR count). The number of hydrogen-bond donors (Lipinski definition) is 2. The molecule has 2 aliphatic heterocycles. The van der Waals surface area contributed by atoms with E-state index >= 15 is 0 Å². The van der Waals surface area contributed by atoms with Gasteiger partial charge in [0.1, 0.15) is 4.75 Å². The summed E-state index contributed by atoms with van der Waals surface area (Å²) in [6, 6.07) is 0. The monoisotopic (exact) mass is 245 g/mol. The number of nitrogens with zero attached hydrogens (tertiary/aromatic N) is 1. The van der Waals surface area contributed by atoms with Crippen molar-refractivity contribution < 1.29 is 19.8 Å². The van der Waals surface area contributed by atoms with E-state index in [9.17, 15) is 14.7 Å². The molecule has 3 atom stereocenters. The Balaban J connectivity index is 2.20. The van der Waals surface area contributed by atoms with Crippen molar-refractivity contribution in [2.75, 3.05) is 6.54 Å². The zero-order valence-corrected chi connectivity index (χ0v) is 10.2. The Morgan fingerprint density at radius 1 is 1.62 bits per heavy atom. The van der Waals surface area contributed by atoms with Crippen LogP contribution in [0.5, 0.6) is 0 Å². The topological polar surface area (TPSA) is 77.8 Å². The van der Waals surface area contributed by atoms with Crippen LogP contribution in [0.4, 0.5) is 0 Å². The highest BCUT2D eigenvalue weighted by molar-refractivity contribution is 8.02. The van der Waals surface area contributed by atoms with Gasteiger partial charge in [-0.15, -0.1) is 11.8 Å². The van der Waals surface area contributed by atoms with Gasteiger partial charge in [0.25, 0.3) is 0 Å². The van der Waals surface area contributed by atoms with Gasteiger partial charge in [-0.05, 0) is 20.8 Å². The Kier molecular flexibility index (Phi) is 2.30. The van der Waals surface area contributed by atoms with Crippen molar-refractivity contribution in [1.29, 1.82) is 0 Å². The average molecular weight is 245 g/mol. The van der Waals surface area contributed by atoms with Gasteiger partial charge >= 0.3 is 5.97 Å². The highest BCUT2D eigenvalue weighted by Crippen LogP contribution is 2.52. The Bertz CT molecular complexity index is 364. The molecule has 0 aromatic heterocycles. The lowest BCUT2D eigenvalue weighted by Crippen LogP contribution is -2.63. The first kappa shape index (κ1) is 11.7. The fourth-order valence-corrected chi connectivity index (χ4v) is 3.96. The lowest BCUT2D eigenvalue weighted by Gasteiger charge is -2.46. The number of amides is 1. The summed E-state index contributed by atoms with van der Waals surface area (Å²) < 4.78 is -0.944.